The van der Waals surface area contributed by atoms with E-state index in [-0.39, 0.29) is 28.8 Å². The van der Waals surface area contributed by atoms with Crippen LogP contribution in [-0.2, 0) is 24.9 Å². The maximum atomic E-state index is 13.4. The number of imidazole rings is 1. The topological polar surface area (TPSA) is 147 Å². The van der Waals surface area contributed by atoms with E-state index in [9.17, 15) is 14.4 Å². The van der Waals surface area contributed by atoms with Crippen molar-refractivity contribution in [3.63, 3.8) is 0 Å². The molecule has 1 aromatic carbocycles. The van der Waals surface area contributed by atoms with Crippen LogP contribution in [0.25, 0.3) is 22.7 Å². The van der Waals surface area contributed by atoms with Crippen molar-refractivity contribution in [2.24, 2.45) is 7.05 Å². The smallest absolute Gasteiger partial charge is 0.332 e. The summed E-state index contributed by atoms with van der Waals surface area (Å²) < 4.78 is 95.2. The number of hydrogen-bond donors (Lipinski definition) is 2. The minimum atomic E-state index is -3.25. The van der Waals surface area contributed by atoms with Crippen molar-refractivity contribution in [1.82, 2.24) is 28.9 Å². The second-order valence-corrected chi connectivity index (χ2v) is 7.79. The summed E-state index contributed by atoms with van der Waals surface area (Å²) in [6.07, 6.45) is -6.10. The van der Waals surface area contributed by atoms with E-state index in [1.54, 1.807) is 18.2 Å². The van der Waals surface area contributed by atoms with Crippen LogP contribution in [0.15, 0.2) is 33.9 Å². The Hall–Kier alpha value is -4.55. The zero-order chi connectivity index (χ0) is 34.7. The van der Waals surface area contributed by atoms with Crippen molar-refractivity contribution in [2.45, 2.75) is 39.5 Å². The van der Waals surface area contributed by atoms with Crippen LogP contribution >= 0.6 is 0 Å². The van der Waals surface area contributed by atoms with Crippen LogP contribution in [-0.4, -0.2) is 48.2 Å². The van der Waals surface area contributed by atoms with Crippen LogP contribution in [0.2, 0.25) is 0 Å². The predicted octanol–water partition coefficient (Wildman–Crippen LogP) is 1.85. The van der Waals surface area contributed by atoms with Crippen molar-refractivity contribution in [3.8, 4) is 28.9 Å². The maximum absolute atomic E-state index is 13.4. The Bertz CT molecular complexity index is 1980. The van der Waals surface area contributed by atoms with Gasteiger partial charge >= 0.3 is 5.69 Å². The second-order valence-electron chi connectivity index (χ2n) is 7.79. The first kappa shape index (κ1) is 14.9. The summed E-state index contributed by atoms with van der Waals surface area (Å²) in [6, 6.07) is 6.16. The van der Waals surface area contributed by atoms with E-state index in [1.807, 2.05) is 0 Å². The molecule has 0 atom stereocenters. The number of aromatic nitrogens is 6. The van der Waals surface area contributed by atoms with Crippen LogP contribution in [0.5, 0.6) is 17.4 Å². The lowest BCUT2D eigenvalue weighted by atomic mass is 10.3. The molecule has 0 bridgehead atoms. The van der Waals surface area contributed by atoms with Crippen molar-refractivity contribution in [2.75, 3.05) is 18.7 Å². The lowest BCUT2D eigenvalue weighted by Crippen LogP contribution is -2.40. The fraction of sp³-hybridized carbons (Fsp3) is 0.375. The van der Waals surface area contributed by atoms with E-state index < -0.39 is 74.5 Å². The molecule has 0 radical (unpaired) electrons. The molecule has 1 amide bonds. The Morgan fingerprint density at radius 2 is 1.97 bits per heavy atom. The summed E-state index contributed by atoms with van der Waals surface area (Å²) in [6.45, 7) is -9.27. The third-order valence-corrected chi connectivity index (χ3v) is 5.44. The molecular weight excluding hydrogens is 482 g/mol. The molecule has 5 rings (SSSR count). The third-order valence-electron chi connectivity index (χ3n) is 5.44. The number of nitrogens with zero attached hydrogens (tertiary/aromatic N) is 5. The van der Waals surface area contributed by atoms with Gasteiger partial charge in [-0.3, -0.25) is 23.4 Å². The molecule has 2 N–H and O–H groups in total. The van der Waals surface area contributed by atoms with E-state index in [1.165, 1.54) is 17.8 Å². The van der Waals surface area contributed by atoms with Gasteiger partial charge in [0.15, 0.2) is 29.6 Å². The number of carbonyl (C=O) groups is 1. The Balaban J connectivity index is 1.47. The molecule has 0 saturated heterocycles. The number of aryl methyl sites for hydroxylation is 2. The zero-order valence-electron chi connectivity index (χ0n) is 29.3. The standard InChI is InChI=1S/C24H27N7O6/c1-4-8-30-22-20(23(33)31(9-5-2)24(30)34)26-21(27-22)15-11-19(28-29(15)3)35-12-18(32)25-14-6-7-16-17(10-14)37-13-36-16/h6-7,10-11H,4-5,8-9,12-13H2,1-3H3,(H,25,32)(H,26,27)/i1T3,2T3,4T2,5T2. The van der Waals surface area contributed by atoms with Gasteiger partial charge in [0.25, 0.3) is 11.5 Å². The molecule has 13 nitrogen and oxygen atoms in total. The van der Waals surface area contributed by atoms with Crippen molar-refractivity contribution < 1.29 is 32.7 Å². The Kier molecular flexibility index (Phi) is 3.95. The normalized spacial score (nSPS) is 17.8. The van der Waals surface area contributed by atoms with Gasteiger partial charge in [0.05, 0.1) is 0 Å². The molecule has 1 aliphatic rings. The summed E-state index contributed by atoms with van der Waals surface area (Å²) in [5, 5.41) is 6.79. The molecule has 0 saturated carbocycles. The highest BCUT2D eigenvalue weighted by Crippen LogP contribution is 2.34. The summed E-state index contributed by atoms with van der Waals surface area (Å²) >= 11 is 0. The number of anilines is 1. The lowest BCUT2D eigenvalue weighted by Gasteiger charge is -2.09. The van der Waals surface area contributed by atoms with Crippen LogP contribution in [0.3, 0.4) is 0 Å². The summed E-state index contributed by atoms with van der Waals surface area (Å²) in [4.78, 5) is 46.2. The van der Waals surface area contributed by atoms with E-state index in [4.69, 9.17) is 27.9 Å². The number of carbonyl (C=O) groups excluding carboxylic acids is 1. The van der Waals surface area contributed by atoms with Crippen LogP contribution < -0.4 is 30.8 Å². The van der Waals surface area contributed by atoms with Gasteiger partial charge in [-0.25, -0.2) is 9.78 Å². The molecule has 0 spiro atoms. The van der Waals surface area contributed by atoms with Crippen LogP contribution in [0.1, 0.15) is 40.2 Å². The third kappa shape index (κ3) is 4.55. The number of amides is 1. The van der Waals surface area contributed by atoms with Gasteiger partial charge in [0.2, 0.25) is 12.7 Å². The molecule has 194 valence electrons. The van der Waals surface area contributed by atoms with Gasteiger partial charge < -0.3 is 24.5 Å². The van der Waals surface area contributed by atoms with Gasteiger partial charge in [-0.15, -0.1) is 5.10 Å². The number of H-pyrrole nitrogens is 1. The fourth-order valence-corrected chi connectivity index (χ4v) is 3.77. The van der Waals surface area contributed by atoms with Gasteiger partial charge in [0.1, 0.15) is 11.2 Å². The molecule has 37 heavy (non-hydrogen) atoms. The number of aromatic amines is 1. The number of ether oxygens (including phenoxy) is 3. The molecule has 3 aromatic heterocycles. The van der Waals surface area contributed by atoms with Gasteiger partial charge in [0, 0.05) is 51.7 Å². The predicted molar refractivity (Wildman–Crippen MR) is 134 cm³/mol. The van der Waals surface area contributed by atoms with E-state index in [2.05, 4.69) is 20.4 Å². The Morgan fingerprint density at radius 3 is 2.78 bits per heavy atom. The number of fused-ring (bicyclic) bond motifs is 2. The first-order valence-corrected chi connectivity index (χ1v) is 10.8. The number of benzene rings is 1. The highest BCUT2D eigenvalue weighted by atomic mass is 16.7. The SMILES string of the molecule is [3H]C([3H])([3H])C([3H])([3H])Cn1c(=O)c2[nH]c(-c3cc(OCC(=O)Nc4ccc5c(c4)OCO5)nn3C)nc2n(CC([3H])([3H])C([3H])([3H])[3H])c1=O. The van der Waals surface area contributed by atoms with E-state index in [0.29, 0.717) is 21.8 Å². The van der Waals surface area contributed by atoms with E-state index in [0.717, 1.165) is 0 Å². The maximum Gasteiger partial charge on any atom is 0.332 e. The van der Waals surface area contributed by atoms with Crippen molar-refractivity contribution >= 4 is 22.8 Å². The summed E-state index contributed by atoms with van der Waals surface area (Å²) in [7, 11) is 1.46. The van der Waals surface area contributed by atoms with Gasteiger partial charge in [-0.05, 0) is 24.9 Å². The lowest BCUT2D eigenvalue weighted by molar-refractivity contribution is -0.118. The Morgan fingerprint density at radius 1 is 1.19 bits per heavy atom. The van der Waals surface area contributed by atoms with Crippen molar-refractivity contribution in [1.29, 1.82) is 0 Å². The number of hydrogen-bond acceptors (Lipinski definition) is 8. The molecule has 0 fully saturated rings. The molecule has 0 aliphatic carbocycles. The quantitative estimate of drug-likeness (QED) is 0.334. The molecule has 13 heteroatoms. The largest absolute Gasteiger partial charge is 0.466 e. The highest BCUT2D eigenvalue weighted by Gasteiger charge is 2.20. The second kappa shape index (κ2) is 9.84. The van der Waals surface area contributed by atoms with Gasteiger partial charge in [-0.2, -0.15) is 0 Å². The monoisotopic (exact) mass is 529 g/mol. The summed E-state index contributed by atoms with van der Waals surface area (Å²) in [5.41, 5.74) is -2.91. The number of nitrogens with one attached hydrogen (secondary N) is 2. The average molecular weight is 530 g/mol. The molecule has 4 heterocycles. The first-order chi connectivity index (χ1) is 21.7. The van der Waals surface area contributed by atoms with Crippen LogP contribution in [0, 0.1) is 0 Å². The zero-order valence-corrected chi connectivity index (χ0v) is 19.3. The minimum Gasteiger partial charge on any atom is -0.466 e. The molecular formula is C24H27N7O6. The molecule has 4 aromatic rings. The highest BCUT2D eigenvalue weighted by molar-refractivity contribution is 5.92. The number of rotatable bonds is 9. The summed E-state index contributed by atoms with van der Waals surface area (Å²) in [5.74, 6) is 0.292. The van der Waals surface area contributed by atoms with Crippen LogP contribution in [0.4, 0.5) is 5.69 Å². The average Bonchev–Trinajstić information content (AvgIpc) is 3.69. The Labute approximate surface area is 224 Å². The molecule has 1 aliphatic heterocycles. The van der Waals surface area contributed by atoms with E-state index >= 15 is 0 Å². The minimum absolute atomic E-state index is 0.0526. The fourth-order valence-electron chi connectivity index (χ4n) is 3.77. The van der Waals surface area contributed by atoms with Gasteiger partial charge in [-0.1, -0.05) is 13.7 Å². The van der Waals surface area contributed by atoms with Crippen molar-refractivity contribution in [3.05, 3.63) is 45.1 Å². The molecule has 0 unspecified atom stereocenters. The first-order valence-electron chi connectivity index (χ1n) is 15.8.